The summed E-state index contributed by atoms with van der Waals surface area (Å²) in [4.78, 5) is 23.8. The number of fused-ring (bicyclic) bond motifs is 2. The Morgan fingerprint density at radius 2 is 2.10 bits per heavy atom. The van der Waals surface area contributed by atoms with Gasteiger partial charge < -0.3 is 9.72 Å². The molecular weight excluding hydrogens is 429 g/mol. The van der Waals surface area contributed by atoms with E-state index in [1.165, 1.54) is 17.4 Å². The van der Waals surface area contributed by atoms with Crippen LogP contribution in [0.4, 0.5) is 19.1 Å². The molecule has 1 aromatic carbocycles. The average Bonchev–Trinajstić information content (AvgIpc) is 3.43. The number of halogens is 3. The predicted octanol–water partition coefficient (Wildman–Crippen LogP) is 5.31. The van der Waals surface area contributed by atoms with Crippen LogP contribution in [0, 0.1) is 0 Å². The number of aromatic amines is 1. The number of amides is 1. The normalized spacial score (nSPS) is 16.2. The van der Waals surface area contributed by atoms with Gasteiger partial charge in [-0.05, 0) is 42.3 Å². The van der Waals surface area contributed by atoms with Crippen molar-refractivity contribution in [2.45, 2.75) is 19.0 Å². The van der Waals surface area contributed by atoms with Gasteiger partial charge in [-0.15, -0.1) is 11.3 Å². The quantitative estimate of drug-likeness (QED) is 0.574. The topological polar surface area (TPSA) is 79.9 Å². The fourth-order valence-corrected chi connectivity index (χ4v) is 4.25. The molecule has 1 saturated heterocycles. The number of allylic oxidation sites excluding steroid dienone is 5. The molecule has 1 aliphatic carbocycles. The van der Waals surface area contributed by atoms with E-state index in [4.69, 9.17) is 4.74 Å². The second kappa shape index (κ2) is 7.38. The highest BCUT2D eigenvalue weighted by molar-refractivity contribution is 7.11. The maximum Gasteiger partial charge on any atom is 0.416 e. The third-order valence-electron chi connectivity index (χ3n) is 4.94. The number of hydrogen-bond donors (Lipinski definition) is 2. The lowest BCUT2D eigenvalue weighted by Gasteiger charge is -2.05. The van der Waals surface area contributed by atoms with Gasteiger partial charge in [-0.3, -0.25) is 10.1 Å². The first kappa shape index (κ1) is 19.6. The first-order chi connectivity index (χ1) is 14.9. The maximum absolute atomic E-state index is 12.9. The molecule has 5 rings (SSSR count). The van der Waals surface area contributed by atoms with Crippen LogP contribution in [-0.2, 0) is 10.9 Å². The molecule has 2 aromatic heterocycles. The van der Waals surface area contributed by atoms with E-state index in [0.29, 0.717) is 23.6 Å². The van der Waals surface area contributed by atoms with Crippen LogP contribution in [0.5, 0.6) is 0 Å². The minimum Gasteiger partial charge on any atom is -0.493 e. The minimum absolute atomic E-state index is 0.0571. The summed E-state index contributed by atoms with van der Waals surface area (Å²) < 4.78 is 44.2. The van der Waals surface area contributed by atoms with Crippen LogP contribution < -0.4 is 5.32 Å². The summed E-state index contributed by atoms with van der Waals surface area (Å²) in [5.74, 6) is 0.462. The molecule has 1 amide bonds. The SMILES string of the molecule is O=C(Nc1nc2ccc(C(F)(F)F)cc2[nH]1)c1csc(C2=CCC=C3OCCC3=C2)n1. The molecule has 3 aromatic rings. The van der Waals surface area contributed by atoms with Gasteiger partial charge in [-0.25, -0.2) is 9.97 Å². The summed E-state index contributed by atoms with van der Waals surface area (Å²) >= 11 is 1.34. The molecule has 31 heavy (non-hydrogen) atoms. The van der Waals surface area contributed by atoms with Crippen LogP contribution in [0.15, 0.2) is 53.1 Å². The van der Waals surface area contributed by atoms with Gasteiger partial charge in [0.05, 0.1) is 23.2 Å². The molecule has 0 unspecified atom stereocenters. The van der Waals surface area contributed by atoms with Crippen molar-refractivity contribution < 1.29 is 22.7 Å². The number of aromatic nitrogens is 3. The lowest BCUT2D eigenvalue weighted by molar-refractivity contribution is -0.137. The Hall–Kier alpha value is -3.40. The number of thiazole rings is 1. The Balaban J connectivity index is 1.34. The number of nitrogens with one attached hydrogen (secondary N) is 2. The number of ether oxygens (including phenoxy) is 1. The minimum atomic E-state index is -4.46. The molecule has 2 aliphatic rings. The van der Waals surface area contributed by atoms with Crippen molar-refractivity contribution in [1.29, 1.82) is 0 Å². The number of alkyl halides is 3. The molecule has 0 radical (unpaired) electrons. The summed E-state index contributed by atoms with van der Waals surface area (Å²) in [5.41, 5.74) is 1.96. The fourth-order valence-electron chi connectivity index (χ4n) is 3.44. The smallest absolute Gasteiger partial charge is 0.416 e. The van der Waals surface area contributed by atoms with Crippen molar-refractivity contribution in [2.75, 3.05) is 11.9 Å². The zero-order valence-electron chi connectivity index (χ0n) is 15.9. The lowest BCUT2D eigenvalue weighted by Crippen LogP contribution is -2.13. The van der Waals surface area contributed by atoms with E-state index < -0.39 is 17.6 Å². The van der Waals surface area contributed by atoms with Crippen LogP contribution in [0.1, 0.15) is 33.9 Å². The first-order valence-electron chi connectivity index (χ1n) is 9.45. The van der Waals surface area contributed by atoms with Gasteiger partial charge in [0.1, 0.15) is 16.5 Å². The Bertz CT molecular complexity index is 1280. The number of benzene rings is 1. The predicted molar refractivity (Wildman–Crippen MR) is 110 cm³/mol. The highest BCUT2D eigenvalue weighted by Gasteiger charge is 2.30. The Labute approximate surface area is 178 Å². The molecule has 10 heteroatoms. The van der Waals surface area contributed by atoms with E-state index in [-0.39, 0.29) is 17.2 Å². The number of anilines is 1. The molecule has 1 fully saturated rings. The largest absolute Gasteiger partial charge is 0.493 e. The summed E-state index contributed by atoms with van der Waals surface area (Å²) in [5, 5.41) is 4.91. The highest BCUT2D eigenvalue weighted by Crippen LogP contribution is 2.33. The first-order valence-corrected chi connectivity index (χ1v) is 10.3. The summed E-state index contributed by atoms with van der Waals surface area (Å²) in [6, 6.07) is 3.17. The van der Waals surface area contributed by atoms with Crippen LogP contribution in [-0.4, -0.2) is 27.5 Å². The number of H-pyrrole nitrogens is 1. The Kier molecular flexibility index (Phi) is 4.66. The van der Waals surface area contributed by atoms with Crippen molar-refractivity contribution in [2.24, 2.45) is 0 Å². The second-order valence-corrected chi connectivity index (χ2v) is 7.90. The molecule has 0 bridgehead atoms. The van der Waals surface area contributed by atoms with E-state index in [9.17, 15) is 18.0 Å². The maximum atomic E-state index is 12.9. The van der Waals surface area contributed by atoms with Crippen molar-refractivity contribution in [3.8, 4) is 0 Å². The molecule has 1 aliphatic heterocycles. The summed E-state index contributed by atoms with van der Waals surface area (Å²) in [7, 11) is 0. The Morgan fingerprint density at radius 1 is 1.23 bits per heavy atom. The van der Waals surface area contributed by atoms with E-state index in [0.717, 1.165) is 35.5 Å². The average molecular weight is 444 g/mol. The van der Waals surface area contributed by atoms with Crippen LogP contribution in [0.25, 0.3) is 16.6 Å². The van der Waals surface area contributed by atoms with E-state index in [2.05, 4.69) is 20.3 Å². The van der Waals surface area contributed by atoms with Gasteiger partial charge in [0, 0.05) is 17.4 Å². The van der Waals surface area contributed by atoms with Crippen molar-refractivity contribution in [3.63, 3.8) is 0 Å². The van der Waals surface area contributed by atoms with Crippen LogP contribution in [0.2, 0.25) is 0 Å². The number of imidazole rings is 1. The number of carbonyl (C=O) groups excluding carboxylic acids is 1. The standard InChI is InChI=1S/C21H15F3N4O2S/c22-21(23,24)13-4-5-14-15(9-13)27-20(26-14)28-18(29)16-10-31-19(25-16)12-2-1-3-17-11(8-12)6-7-30-17/h2-5,8-10H,1,6-7H2,(H2,26,27,28,29). The molecule has 0 atom stereocenters. The van der Waals surface area contributed by atoms with Crippen molar-refractivity contribution in [1.82, 2.24) is 15.0 Å². The molecular formula is C21H15F3N4O2S. The van der Waals surface area contributed by atoms with E-state index in [1.54, 1.807) is 5.38 Å². The fraction of sp³-hybridized carbons (Fsp3) is 0.190. The number of hydrogen-bond acceptors (Lipinski definition) is 5. The Morgan fingerprint density at radius 3 is 2.94 bits per heavy atom. The monoisotopic (exact) mass is 444 g/mol. The van der Waals surface area contributed by atoms with E-state index in [1.807, 2.05) is 18.2 Å². The van der Waals surface area contributed by atoms with Crippen molar-refractivity contribution in [3.05, 3.63) is 69.4 Å². The zero-order chi connectivity index (χ0) is 21.6. The molecule has 3 heterocycles. The lowest BCUT2D eigenvalue weighted by atomic mass is 10.1. The summed E-state index contributed by atoms with van der Waals surface area (Å²) in [6.07, 6.45) is 3.18. The zero-order valence-corrected chi connectivity index (χ0v) is 16.7. The molecule has 0 spiro atoms. The van der Waals surface area contributed by atoms with Gasteiger partial charge in [0.25, 0.3) is 5.91 Å². The third kappa shape index (κ3) is 3.86. The van der Waals surface area contributed by atoms with Gasteiger partial charge in [-0.2, -0.15) is 13.2 Å². The van der Waals surface area contributed by atoms with Crippen LogP contribution >= 0.6 is 11.3 Å². The number of rotatable bonds is 3. The number of nitrogens with zero attached hydrogens (tertiary/aromatic N) is 2. The molecule has 158 valence electrons. The highest BCUT2D eigenvalue weighted by atomic mass is 32.1. The van der Waals surface area contributed by atoms with Gasteiger partial charge >= 0.3 is 6.18 Å². The second-order valence-electron chi connectivity index (χ2n) is 7.04. The van der Waals surface area contributed by atoms with Gasteiger partial charge in [0.15, 0.2) is 0 Å². The molecule has 6 nitrogen and oxygen atoms in total. The molecule has 0 saturated carbocycles. The number of carbonyl (C=O) groups is 1. The third-order valence-corrected chi connectivity index (χ3v) is 5.83. The van der Waals surface area contributed by atoms with Crippen molar-refractivity contribution >= 4 is 39.8 Å². The van der Waals surface area contributed by atoms with Crippen LogP contribution in [0.3, 0.4) is 0 Å². The van der Waals surface area contributed by atoms with Gasteiger partial charge in [0.2, 0.25) is 5.95 Å². The van der Waals surface area contributed by atoms with Gasteiger partial charge in [-0.1, -0.05) is 6.08 Å². The summed E-state index contributed by atoms with van der Waals surface area (Å²) in [6.45, 7) is 0.665. The molecule has 2 N–H and O–H groups in total. The van der Waals surface area contributed by atoms with E-state index >= 15 is 0 Å².